The Labute approximate surface area is 161 Å². The number of hydrogen-bond donors (Lipinski definition) is 0. The van der Waals surface area contributed by atoms with E-state index in [1.807, 2.05) is 6.08 Å². The molecule has 0 aromatic heterocycles. The van der Waals surface area contributed by atoms with Gasteiger partial charge in [0.05, 0.1) is 25.8 Å². The molecule has 0 aliphatic carbocycles. The van der Waals surface area contributed by atoms with E-state index >= 15 is 0 Å². The monoisotopic (exact) mass is 370 g/mol. The summed E-state index contributed by atoms with van der Waals surface area (Å²) in [4.78, 5) is 17.4. The van der Waals surface area contributed by atoms with E-state index in [9.17, 15) is 4.79 Å². The van der Waals surface area contributed by atoms with Crippen LogP contribution >= 0.6 is 0 Å². The minimum absolute atomic E-state index is 0.155. The molecule has 0 spiro atoms. The average molecular weight is 370 g/mol. The van der Waals surface area contributed by atoms with Crippen molar-refractivity contribution in [3.05, 3.63) is 41.6 Å². The lowest BCUT2D eigenvalue weighted by Gasteiger charge is -2.37. The zero-order chi connectivity index (χ0) is 19.0. The van der Waals surface area contributed by atoms with Gasteiger partial charge in [0.25, 0.3) is 0 Å². The van der Waals surface area contributed by atoms with Gasteiger partial charge in [-0.25, -0.2) is 0 Å². The van der Waals surface area contributed by atoms with Crippen LogP contribution in [0.15, 0.2) is 36.0 Å². The molecule has 0 saturated carbocycles. The number of rotatable bonds is 4. The fourth-order valence-corrected chi connectivity index (χ4v) is 4.78. The summed E-state index contributed by atoms with van der Waals surface area (Å²) in [5.41, 5.74) is 3.36. The molecule has 146 valence electrons. The summed E-state index contributed by atoms with van der Waals surface area (Å²) in [6.07, 6.45) is 5.00. The number of benzene rings is 1. The van der Waals surface area contributed by atoms with Crippen LogP contribution in [-0.2, 0) is 19.7 Å². The molecule has 1 aromatic rings. The number of anilines is 1. The van der Waals surface area contributed by atoms with Gasteiger partial charge in [0.2, 0.25) is 0 Å². The number of nitrogens with zero attached hydrogens (tertiary/aromatic N) is 2. The highest BCUT2D eigenvalue weighted by molar-refractivity contribution is 5.94. The number of fused-ring (bicyclic) bond motifs is 1. The summed E-state index contributed by atoms with van der Waals surface area (Å²) >= 11 is 0. The lowest BCUT2D eigenvalue weighted by atomic mass is 9.83. The highest BCUT2D eigenvalue weighted by atomic mass is 16.7. The molecule has 3 aliphatic heterocycles. The molecule has 5 nitrogen and oxygen atoms in total. The van der Waals surface area contributed by atoms with Crippen LogP contribution in [0.4, 0.5) is 5.69 Å². The summed E-state index contributed by atoms with van der Waals surface area (Å²) < 4.78 is 11.5. The van der Waals surface area contributed by atoms with Crippen LogP contribution in [0.2, 0.25) is 0 Å². The number of allylic oxidation sites excluding steroid dienone is 1. The van der Waals surface area contributed by atoms with E-state index in [4.69, 9.17) is 9.47 Å². The largest absolute Gasteiger partial charge is 0.349 e. The average Bonchev–Trinajstić information content (AvgIpc) is 3.25. The van der Waals surface area contributed by atoms with Crippen molar-refractivity contribution in [1.29, 1.82) is 0 Å². The van der Waals surface area contributed by atoms with E-state index in [1.165, 1.54) is 17.7 Å². The number of hydrogen-bond acceptors (Lipinski definition) is 5. The number of para-hydroxylation sites is 1. The molecule has 2 saturated heterocycles. The van der Waals surface area contributed by atoms with Crippen molar-refractivity contribution < 1.29 is 14.3 Å². The smallest absolute Gasteiger partial charge is 0.173 e. The van der Waals surface area contributed by atoms with Crippen LogP contribution in [0.25, 0.3) is 0 Å². The van der Waals surface area contributed by atoms with Gasteiger partial charge in [0.15, 0.2) is 12.1 Å². The van der Waals surface area contributed by atoms with Crippen LogP contribution < -0.4 is 4.90 Å². The van der Waals surface area contributed by atoms with Crippen LogP contribution in [0.1, 0.15) is 38.7 Å². The van der Waals surface area contributed by atoms with Gasteiger partial charge < -0.3 is 14.4 Å². The van der Waals surface area contributed by atoms with Gasteiger partial charge in [-0.3, -0.25) is 9.69 Å². The summed E-state index contributed by atoms with van der Waals surface area (Å²) in [6, 6.07) is 8.59. The lowest BCUT2D eigenvalue weighted by molar-refractivity contribution is -0.126. The van der Waals surface area contributed by atoms with Crippen molar-refractivity contribution in [2.45, 2.75) is 50.9 Å². The maximum atomic E-state index is 13.0. The molecule has 27 heavy (non-hydrogen) atoms. The molecule has 5 heteroatoms. The van der Waals surface area contributed by atoms with E-state index < -0.39 is 0 Å². The van der Waals surface area contributed by atoms with Gasteiger partial charge in [-0.15, -0.1) is 0 Å². The van der Waals surface area contributed by atoms with Gasteiger partial charge in [-0.1, -0.05) is 38.5 Å². The first-order chi connectivity index (χ1) is 13.0. The first-order valence-corrected chi connectivity index (χ1v) is 10.0. The zero-order valence-electron chi connectivity index (χ0n) is 16.6. The van der Waals surface area contributed by atoms with E-state index in [-0.39, 0.29) is 23.5 Å². The summed E-state index contributed by atoms with van der Waals surface area (Å²) in [7, 11) is 2.05. The highest BCUT2D eigenvalue weighted by Gasteiger charge is 2.39. The molecule has 0 radical (unpaired) electrons. The second kappa shape index (κ2) is 7.38. The molecule has 0 amide bonds. The molecule has 4 rings (SSSR count). The van der Waals surface area contributed by atoms with Gasteiger partial charge >= 0.3 is 0 Å². The van der Waals surface area contributed by atoms with Crippen molar-refractivity contribution in [2.24, 2.45) is 0 Å². The van der Waals surface area contributed by atoms with Crippen molar-refractivity contribution in [3.63, 3.8) is 0 Å². The normalized spacial score (nSPS) is 27.3. The summed E-state index contributed by atoms with van der Waals surface area (Å²) in [5, 5.41) is 0. The van der Waals surface area contributed by atoms with Crippen LogP contribution in [-0.4, -0.2) is 56.4 Å². The van der Waals surface area contributed by atoms with E-state index in [0.29, 0.717) is 19.8 Å². The van der Waals surface area contributed by atoms with Gasteiger partial charge in [-0.2, -0.15) is 0 Å². The Morgan fingerprint density at radius 3 is 2.70 bits per heavy atom. The molecular formula is C22H30N2O3. The highest BCUT2D eigenvalue weighted by Crippen LogP contribution is 2.46. The first-order valence-electron chi connectivity index (χ1n) is 10.0. The molecular weight excluding hydrogens is 340 g/mol. The SMILES string of the molecule is CN1/C(=C\C(=O)CN2CCCCC2C2OCCO2)C(C)(C)c2ccccc21. The number of ketones is 1. The molecule has 1 aromatic carbocycles. The Morgan fingerprint density at radius 1 is 1.22 bits per heavy atom. The van der Waals surface area contributed by atoms with Gasteiger partial charge in [0, 0.05) is 29.9 Å². The van der Waals surface area contributed by atoms with Crippen molar-refractivity contribution in [1.82, 2.24) is 4.90 Å². The number of likely N-dealkylation sites (N-methyl/N-ethyl adjacent to an activating group) is 1. The van der Waals surface area contributed by atoms with Gasteiger partial charge in [0.1, 0.15) is 0 Å². The molecule has 0 N–H and O–H groups in total. The minimum atomic E-state index is -0.180. The number of carbonyl (C=O) groups excluding carboxylic acids is 1. The predicted octanol–water partition coefficient (Wildman–Crippen LogP) is 3.09. The topological polar surface area (TPSA) is 42.0 Å². The van der Waals surface area contributed by atoms with Crippen molar-refractivity contribution >= 4 is 11.5 Å². The third-order valence-corrected chi connectivity index (χ3v) is 6.22. The molecule has 3 heterocycles. The molecule has 1 atom stereocenters. The van der Waals surface area contributed by atoms with Crippen molar-refractivity contribution in [3.8, 4) is 0 Å². The number of carbonyl (C=O) groups is 1. The lowest BCUT2D eigenvalue weighted by Crippen LogP contribution is -2.49. The first kappa shape index (κ1) is 18.7. The van der Waals surface area contributed by atoms with Crippen molar-refractivity contribution in [2.75, 3.05) is 38.3 Å². The van der Waals surface area contributed by atoms with Crippen LogP contribution in [0.3, 0.4) is 0 Å². The Hall–Kier alpha value is -1.69. The Balaban J connectivity index is 1.51. The number of likely N-dealkylation sites (tertiary alicyclic amines) is 1. The van der Waals surface area contributed by atoms with E-state index in [2.05, 4.69) is 55.0 Å². The summed E-state index contributed by atoms with van der Waals surface area (Å²) in [5.74, 6) is 0.155. The minimum Gasteiger partial charge on any atom is -0.349 e. The third-order valence-electron chi connectivity index (χ3n) is 6.22. The zero-order valence-corrected chi connectivity index (χ0v) is 16.6. The second-order valence-electron chi connectivity index (χ2n) is 8.34. The number of piperidine rings is 1. The summed E-state index contributed by atoms with van der Waals surface area (Å²) in [6.45, 7) is 7.06. The number of ether oxygens (including phenoxy) is 2. The fraction of sp³-hybridized carbons (Fsp3) is 0.591. The van der Waals surface area contributed by atoms with Crippen LogP contribution in [0, 0.1) is 0 Å². The Morgan fingerprint density at radius 2 is 1.96 bits per heavy atom. The second-order valence-corrected chi connectivity index (χ2v) is 8.34. The van der Waals surface area contributed by atoms with Crippen LogP contribution in [0.5, 0.6) is 0 Å². The molecule has 0 bridgehead atoms. The fourth-order valence-electron chi connectivity index (χ4n) is 4.78. The maximum Gasteiger partial charge on any atom is 0.173 e. The molecule has 3 aliphatic rings. The van der Waals surface area contributed by atoms with Gasteiger partial charge in [-0.05, 0) is 31.0 Å². The predicted molar refractivity (Wildman–Crippen MR) is 106 cm³/mol. The molecule has 2 fully saturated rings. The molecule has 1 unspecified atom stereocenters. The van der Waals surface area contributed by atoms with E-state index in [0.717, 1.165) is 25.1 Å². The Bertz CT molecular complexity index is 737. The third kappa shape index (κ3) is 3.44. The Kier molecular flexibility index (Phi) is 5.10. The maximum absolute atomic E-state index is 13.0. The standard InChI is InChI=1S/C22H30N2O3/c1-22(2)17-8-4-5-9-18(17)23(3)20(22)14-16(25)15-24-11-7-6-10-19(24)21-26-12-13-27-21/h4-5,8-9,14,19,21H,6-7,10-13,15H2,1-3H3/b20-14-. The van der Waals surface area contributed by atoms with E-state index in [1.54, 1.807) is 0 Å². The quantitative estimate of drug-likeness (QED) is 0.762.